The summed E-state index contributed by atoms with van der Waals surface area (Å²) in [4.78, 5) is 11.4. The van der Waals surface area contributed by atoms with E-state index in [4.69, 9.17) is 4.42 Å². The van der Waals surface area contributed by atoms with Crippen molar-refractivity contribution in [1.29, 1.82) is 0 Å². The van der Waals surface area contributed by atoms with E-state index in [1.165, 1.54) is 0 Å². The van der Waals surface area contributed by atoms with Crippen molar-refractivity contribution in [2.75, 3.05) is 0 Å². The second kappa shape index (κ2) is 4.28. The Kier molecular flexibility index (Phi) is 2.74. The third kappa shape index (κ3) is 1.97. The fourth-order valence-electron chi connectivity index (χ4n) is 2.11. The lowest BCUT2D eigenvalue weighted by molar-refractivity contribution is 0.0695. The Morgan fingerprint density at radius 1 is 1.39 bits per heavy atom. The maximum atomic E-state index is 11.4. The van der Waals surface area contributed by atoms with E-state index in [0.29, 0.717) is 16.9 Å². The lowest BCUT2D eigenvalue weighted by Crippen LogP contribution is -2.00. The average molecular weight is 307 g/mol. The molecule has 0 atom stereocenters. The van der Waals surface area contributed by atoms with Gasteiger partial charge in [0.1, 0.15) is 11.3 Å². The number of hydrogen-bond donors (Lipinski definition) is 1. The normalized spacial score (nSPS) is 14.7. The van der Waals surface area contributed by atoms with Gasteiger partial charge in [0.2, 0.25) is 0 Å². The molecule has 3 rings (SSSR count). The van der Waals surface area contributed by atoms with Crippen LogP contribution in [0.1, 0.15) is 34.9 Å². The molecular weight excluding hydrogens is 296 g/mol. The number of halogens is 1. The molecule has 0 saturated heterocycles. The summed E-state index contributed by atoms with van der Waals surface area (Å²) in [6.45, 7) is 0. The van der Waals surface area contributed by atoms with Gasteiger partial charge < -0.3 is 9.52 Å². The first-order valence-corrected chi connectivity index (χ1v) is 6.56. The number of furan rings is 1. The Morgan fingerprint density at radius 3 is 2.78 bits per heavy atom. The minimum absolute atomic E-state index is 0.289. The maximum absolute atomic E-state index is 11.4. The van der Waals surface area contributed by atoms with Crippen LogP contribution < -0.4 is 0 Å². The van der Waals surface area contributed by atoms with Gasteiger partial charge in [0.05, 0.1) is 6.26 Å². The zero-order chi connectivity index (χ0) is 12.7. The molecule has 3 nitrogen and oxygen atoms in total. The monoisotopic (exact) mass is 306 g/mol. The fraction of sp³-hybridized carbons (Fsp3) is 0.214. The van der Waals surface area contributed by atoms with Crippen molar-refractivity contribution in [3.05, 3.63) is 46.3 Å². The highest BCUT2D eigenvalue weighted by molar-refractivity contribution is 9.10. The van der Waals surface area contributed by atoms with Gasteiger partial charge in [-0.1, -0.05) is 28.1 Å². The van der Waals surface area contributed by atoms with Crippen LogP contribution in [0.4, 0.5) is 0 Å². The van der Waals surface area contributed by atoms with E-state index in [9.17, 15) is 9.90 Å². The van der Waals surface area contributed by atoms with E-state index in [0.717, 1.165) is 22.9 Å². The molecule has 1 N–H and O–H groups in total. The van der Waals surface area contributed by atoms with Gasteiger partial charge in [-0.25, -0.2) is 4.79 Å². The fourth-order valence-corrected chi connectivity index (χ4v) is 2.51. The van der Waals surface area contributed by atoms with E-state index in [-0.39, 0.29) is 5.92 Å². The predicted molar refractivity (Wildman–Crippen MR) is 70.8 cm³/mol. The molecule has 1 aromatic carbocycles. The highest BCUT2D eigenvalue weighted by atomic mass is 79.9. The van der Waals surface area contributed by atoms with E-state index in [1.807, 2.05) is 24.3 Å². The van der Waals surface area contributed by atoms with Gasteiger partial charge in [0, 0.05) is 16.0 Å². The molecule has 92 valence electrons. The van der Waals surface area contributed by atoms with Crippen LogP contribution in [-0.2, 0) is 0 Å². The highest BCUT2D eigenvalue weighted by Gasteiger charge is 2.33. The van der Waals surface area contributed by atoms with Gasteiger partial charge in [0.15, 0.2) is 0 Å². The minimum atomic E-state index is -0.916. The topological polar surface area (TPSA) is 50.4 Å². The molecule has 1 heterocycles. The third-order valence-corrected chi connectivity index (χ3v) is 3.61. The number of hydrogen-bond acceptors (Lipinski definition) is 2. The Bertz CT molecular complexity index is 611. The molecule has 0 bridgehead atoms. The van der Waals surface area contributed by atoms with Crippen molar-refractivity contribution >= 4 is 21.9 Å². The largest absolute Gasteiger partial charge is 0.478 e. The van der Waals surface area contributed by atoms with Crippen molar-refractivity contribution in [3.63, 3.8) is 0 Å². The number of carboxylic acids is 1. The standard InChI is InChI=1S/C14H11BrO3/c15-10-3-1-2-9(6-10)11-7-18-13(8-4-5-8)12(11)14(16)17/h1-3,6-8H,4-5H2,(H,16,17). The minimum Gasteiger partial charge on any atom is -0.478 e. The summed E-state index contributed by atoms with van der Waals surface area (Å²) in [5, 5.41) is 9.37. The summed E-state index contributed by atoms with van der Waals surface area (Å²) >= 11 is 3.39. The molecule has 2 aromatic rings. The number of benzene rings is 1. The first kappa shape index (κ1) is 11.5. The highest BCUT2D eigenvalue weighted by Crippen LogP contribution is 2.45. The Hall–Kier alpha value is -1.55. The summed E-state index contributed by atoms with van der Waals surface area (Å²) in [5.41, 5.74) is 1.83. The Morgan fingerprint density at radius 2 is 2.17 bits per heavy atom. The van der Waals surface area contributed by atoms with Gasteiger partial charge in [-0.2, -0.15) is 0 Å². The van der Waals surface area contributed by atoms with Crippen molar-refractivity contribution in [3.8, 4) is 11.1 Å². The van der Waals surface area contributed by atoms with Crippen LogP contribution in [0.3, 0.4) is 0 Å². The van der Waals surface area contributed by atoms with Crippen molar-refractivity contribution < 1.29 is 14.3 Å². The number of rotatable bonds is 3. The second-order valence-electron chi connectivity index (χ2n) is 4.48. The number of carbonyl (C=O) groups is 1. The van der Waals surface area contributed by atoms with Crippen LogP contribution in [0.5, 0.6) is 0 Å². The summed E-state index contributed by atoms with van der Waals surface area (Å²) in [6, 6.07) is 7.58. The van der Waals surface area contributed by atoms with Crippen LogP contribution in [0, 0.1) is 0 Å². The van der Waals surface area contributed by atoms with Crippen LogP contribution in [0.25, 0.3) is 11.1 Å². The van der Waals surface area contributed by atoms with E-state index < -0.39 is 5.97 Å². The molecule has 1 aliphatic carbocycles. The van der Waals surface area contributed by atoms with Crippen LogP contribution in [-0.4, -0.2) is 11.1 Å². The van der Waals surface area contributed by atoms with Crippen LogP contribution in [0.2, 0.25) is 0 Å². The predicted octanol–water partition coefficient (Wildman–Crippen LogP) is 4.28. The summed E-state index contributed by atoms with van der Waals surface area (Å²) in [7, 11) is 0. The lowest BCUT2D eigenvalue weighted by Gasteiger charge is -2.01. The van der Waals surface area contributed by atoms with Crippen molar-refractivity contribution in [2.24, 2.45) is 0 Å². The van der Waals surface area contributed by atoms with E-state index in [2.05, 4.69) is 15.9 Å². The van der Waals surface area contributed by atoms with E-state index >= 15 is 0 Å². The van der Waals surface area contributed by atoms with Gasteiger partial charge in [0.25, 0.3) is 0 Å². The molecular formula is C14H11BrO3. The van der Waals surface area contributed by atoms with Crippen LogP contribution >= 0.6 is 15.9 Å². The molecule has 0 radical (unpaired) electrons. The molecule has 1 saturated carbocycles. The first-order chi connectivity index (χ1) is 8.66. The first-order valence-electron chi connectivity index (χ1n) is 5.77. The van der Waals surface area contributed by atoms with Gasteiger partial charge in [-0.15, -0.1) is 0 Å². The van der Waals surface area contributed by atoms with Crippen molar-refractivity contribution in [2.45, 2.75) is 18.8 Å². The molecule has 18 heavy (non-hydrogen) atoms. The number of carboxylic acid groups (broad SMARTS) is 1. The Balaban J connectivity index is 2.14. The summed E-state index contributed by atoms with van der Waals surface area (Å²) < 4.78 is 6.40. The third-order valence-electron chi connectivity index (χ3n) is 3.12. The summed E-state index contributed by atoms with van der Waals surface area (Å²) in [5.74, 6) is -0.00453. The molecule has 1 aliphatic rings. The second-order valence-corrected chi connectivity index (χ2v) is 5.39. The smallest absolute Gasteiger partial charge is 0.339 e. The average Bonchev–Trinajstić information content (AvgIpc) is 3.07. The number of aromatic carboxylic acids is 1. The van der Waals surface area contributed by atoms with Crippen LogP contribution in [0.15, 0.2) is 39.4 Å². The molecule has 4 heteroatoms. The molecule has 1 fully saturated rings. The Labute approximate surface area is 113 Å². The lowest BCUT2D eigenvalue weighted by atomic mass is 10.0. The van der Waals surface area contributed by atoms with Gasteiger partial charge in [-0.05, 0) is 30.5 Å². The van der Waals surface area contributed by atoms with Crippen molar-refractivity contribution in [1.82, 2.24) is 0 Å². The zero-order valence-corrected chi connectivity index (χ0v) is 11.1. The SMILES string of the molecule is O=C(O)c1c(-c2cccc(Br)c2)coc1C1CC1. The molecule has 0 amide bonds. The molecule has 0 spiro atoms. The van der Waals surface area contributed by atoms with Gasteiger partial charge in [-0.3, -0.25) is 0 Å². The summed E-state index contributed by atoms with van der Waals surface area (Å²) in [6.07, 6.45) is 3.59. The van der Waals surface area contributed by atoms with Gasteiger partial charge >= 0.3 is 5.97 Å². The van der Waals surface area contributed by atoms with E-state index in [1.54, 1.807) is 6.26 Å². The maximum Gasteiger partial charge on any atom is 0.339 e. The molecule has 0 aliphatic heterocycles. The molecule has 1 aromatic heterocycles. The molecule has 0 unspecified atom stereocenters. The zero-order valence-electron chi connectivity index (χ0n) is 9.52. The quantitative estimate of drug-likeness (QED) is 0.920.